The molecular weight excluding hydrogens is 398 g/mol. The van der Waals surface area contributed by atoms with E-state index in [2.05, 4.69) is 36.8 Å². The van der Waals surface area contributed by atoms with Crippen molar-refractivity contribution in [1.29, 1.82) is 5.26 Å². The zero-order chi connectivity index (χ0) is 18.6. The summed E-state index contributed by atoms with van der Waals surface area (Å²) in [6.45, 7) is 0. The number of hydrazone groups is 1. The number of aromatic amines is 2. The number of rotatable bonds is 5. The van der Waals surface area contributed by atoms with E-state index in [0.29, 0.717) is 28.1 Å². The molecule has 0 saturated heterocycles. The van der Waals surface area contributed by atoms with Crippen LogP contribution in [0.5, 0.6) is 0 Å². The zero-order valence-electron chi connectivity index (χ0n) is 13.6. The number of nitriles is 1. The maximum atomic E-state index is 9.64. The molecule has 4 aromatic heterocycles. The van der Waals surface area contributed by atoms with Crippen LogP contribution in [0.3, 0.4) is 0 Å². The largest absolute Gasteiger partial charge is 0.313 e. The van der Waals surface area contributed by atoms with Gasteiger partial charge < -0.3 is 4.98 Å². The smallest absolute Gasteiger partial charge is 0.200 e. The van der Waals surface area contributed by atoms with Crippen molar-refractivity contribution >= 4 is 69.6 Å². The molecule has 0 amide bonds. The summed E-state index contributed by atoms with van der Waals surface area (Å²) in [5.41, 5.74) is 5.35. The van der Waals surface area contributed by atoms with Gasteiger partial charge in [0.05, 0.1) is 22.9 Å². The van der Waals surface area contributed by atoms with Crippen molar-refractivity contribution < 1.29 is 0 Å². The van der Waals surface area contributed by atoms with Gasteiger partial charge in [-0.25, -0.2) is 4.98 Å². The molecule has 0 atom stereocenters. The fourth-order valence-corrected chi connectivity index (χ4v) is 3.82. The first kappa shape index (κ1) is 17.3. The minimum absolute atomic E-state index is 0.273. The molecule has 0 bridgehead atoms. The number of nitrogens with zero attached hydrogens (tertiary/aromatic N) is 4. The van der Waals surface area contributed by atoms with E-state index in [1.165, 1.54) is 0 Å². The van der Waals surface area contributed by atoms with Crippen LogP contribution >= 0.6 is 34.9 Å². The second kappa shape index (κ2) is 7.63. The molecule has 3 N–H and O–H groups in total. The minimum atomic E-state index is 0.273. The van der Waals surface area contributed by atoms with E-state index in [9.17, 15) is 5.26 Å². The standard InChI is InChI=1S/C17H11N7S3/c18-7-11(6-10-3-5-26-9-10)14-13-15(20-17(25)21-16(13)24-22-14)23-19-8-12-2-1-4-27-12/h1-6,8-9H,(H3,20,21,22,23,24,25)/b11-6+,19-8+. The molecule has 0 fully saturated rings. The van der Waals surface area contributed by atoms with Gasteiger partial charge in [-0.15, -0.1) is 11.3 Å². The van der Waals surface area contributed by atoms with Crippen molar-refractivity contribution in [2.45, 2.75) is 0 Å². The monoisotopic (exact) mass is 409 g/mol. The lowest BCUT2D eigenvalue weighted by Gasteiger charge is -2.03. The molecule has 132 valence electrons. The highest BCUT2D eigenvalue weighted by Gasteiger charge is 2.16. The van der Waals surface area contributed by atoms with Gasteiger partial charge >= 0.3 is 0 Å². The average Bonchev–Trinajstić information content (AvgIpc) is 3.41. The summed E-state index contributed by atoms with van der Waals surface area (Å²) in [6, 6.07) is 8.06. The molecule has 0 aliphatic carbocycles. The predicted molar refractivity (Wildman–Crippen MR) is 112 cm³/mol. The molecule has 10 heteroatoms. The summed E-state index contributed by atoms with van der Waals surface area (Å²) in [5, 5.41) is 27.5. The number of hydrogen-bond acceptors (Lipinski definition) is 8. The summed E-state index contributed by atoms with van der Waals surface area (Å²) in [4.78, 5) is 8.24. The van der Waals surface area contributed by atoms with Crippen molar-refractivity contribution in [3.63, 3.8) is 0 Å². The quantitative estimate of drug-likeness (QED) is 0.193. The lowest BCUT2D eigenvalue weighted by molar-refractivity contribution is 1.07. The van der Waals surface area contributed by atoms with Gasteiger partial charge in [-0.2, -0.15) is 26.8 Å². The predicted octanol–water partition coefficient (Wildman–Crippen LogP) is 4.65. The highest BCUT2D eigenvalue weighted by Crippen LogP contribution is 2.28. The number of hydrogen-bond donors (Lipinski definition) is 3. The van der Waals surface area contributed by atoms with Crippen LogP contribution < -0.4 is 5.43 Å². The molecule has 0 aliphatic rings. The van der Waals surface area contributed by atoms with Crippen LogP contribution in [0.25, 0.3) is 22.7 Å². The second-order valence-corrected chi connectivity index (χ2v) is 7.47. The summed E-state index contributed by atoms with van der Waals surface area (Å²) < 4.78 is 0.273. The van der Waals surface area contributed by atoms with Gasteiger partial charge in [-0.05, 0) is 52.1 Å². The van der Waals surface area contributed by atoms with Crippen LogP contribution in [0.2, 0.25) is 0 Å². The fraction of sp³-hybridized carbons (Fsp3) is 0. The molecule has 0 aromatic carbocycles. The van der Waals surface area contributed by atoms with Gasteiger partial charge in [0.1, 0.15) is 6.07 Å². The molecule has 0 radical (unpaired) electrons. The Morgan fingerprint density at radius 1 is 1.37 bits per heavy atom. The number of fused-ring (bicyclic) bond motifs is 1. The molecular formula is C17H11N7S3. The second-order valence-electron chi connectivity index (χ2n) is 5.32. The van der Waals surface area contributed by atoms with Crippen LogP contribution in [0.15, 0.2) is 39.4 Å². The zero-order valence-corrected chi connectivity index (χ0v) is 16.1. The van der Waals surface area contributed by atoms with Gasteiger partial charge in [0.2, 0.25) is 4.77 Å². The Morgan fingerprint density at radius 2 is 2.30 bits per heavy atom. The molecule has 0 unspecified atom stereocenters. The Kier molecular flexibility index (Phi) is 4.88. The van der Waals surface area contributed by atoms with E-state index < -0.39 is 0 Å². The van der Waals surface area contributed by atoms with E-state index in [-0.39, 0.29) is 4.77 Å². The Morgan fingerprint density at radius 3 is 3.04 bits per heavy atom. The van der Waals surface area contributed by atoms with Crippen molar-refractivity contribution in [3.05, 3.63) is 55.2 Å². The van der Waals surface area contributed by atoms with Gasteiger partial charge in [-0.3, -0.25) is 10.5 Å². The van der Waals surface area contributed by atoms with Gasteiger partial charge in [0, 0.05) is 4.88 Å². The van der Waals surface area contributed by atoms with Crippen molar-refractivity contribution in [3.8, 4) is 6.07 Å². The topological polar surface area (TPSA) is 106 Å². The lowest BCUT2D eigenvalue weighted by atomic mass is 10.1. The van der Waals surface area contributed by atoms with Gasteiger partial charge in [0.15, 0.2) is 11.5 Å². The molecule has 4 rings (SSSR count). The molecule has 4 aromatic rings. The number of anilines is 1. The van der Waals surface area contributed by atoms with Crippen LogP contribution in [0.4, 0.5) is 5.82 Å². The van der Waals surface area contributed by atoms with Crippen LogP contribution in [-0.4, -0.2) is 26.4 Å². The highest BCUT2D eigenvalue weighted by molar-refractivity contribution is 7.71. The van der Waals surface area contributed by atoms with E-state index in [1.807, 2.05) is 34.3 Å². The third-order valence-corrected chi connectivity index (χ3v) is 5.29. The lowest BCUT2D eigenvalue weighted by Crippen LogP contribution is -1.97. The van der Waals surface area contributed by atoms with Crippen LogP contribution in [0.1, 0.15) is 16.1 Å². The third-order valence-electron chi connectivity index (χ3n) is 3.59. The fourth-order valence-electron chi connectivity index (χ4n) is 2.43. The Bertz CT molecular complexity index is 1220. The average molecular weight is 410 g/mol. The number of thiophene rings is 2. The number of allylic oxidation sites excluding steroid dienone is 1. The number of nitrogens with one attached hydrogen (secondary N) is 3. The maximum absolute atomic E-state index is 9.64. The Hall–Kier alpha value is -3.13. The first-order chi connectivity index (χ1) is 13.2. The van der Waals surface area contributed by atoms with E-state index >= 15 is 0 Å². The van der Waals surface area contributed by atoms with Crippen molar-refractivity contribution in [2.75, 3.05) is 5.43 Å². The van der Waals surface area contributed by atoms with E-state index in [4.69, 9.17) is 12.2 Å². The Balaban J connectivity index is 1.78. The maximum Gasteiger partial charge on any atom is 0.200 e. The van der Waals surface area contributed by atoms with Gasteiger partial charge in [0.25, 0.3) is 0 Å². The number of aromatic nitrogens is 4. The SMILES string of the molecule is N#C/C(=C\c1ccsc1)c1[nH]nc2[nH]c(=S)nc(N/N=C/c3cccs3)c12. The summed E-state index contributed by atoms with van der Waals surface area (Å²) in [6.07, 6.45) is 3.49. The number of H-pyrrole nitrogens is 2. The third kappa shape index (κ3) is 3.70. The van der Waals surface area contributed by atoms with E-state index in [1.54, 1.807) is 35.0 Å². The normalized spacial score (nSPS) is 11.9. The first-order valence-corrected chi connectivity index (χ1v) is 9.93. The summed E-state index contributed by atoms with van der Waals surface area (Å²) in [5.74, 6) is 0.428. The first-order valence-electron chi connectivity index (χ1n) is 7.70. The summed E-state index contributed by atoms with van der Waals surface area (Å²) >= 11 is 8.30. The molecule has 0 saturated carbocycles. The molecule has 7 nitrogen and oxygen atoms in total. The molecule has 0 aliphatic heterocycles. The molecule has 27 heavy (non-hydrogen) atoms. The minimum Gasteiger partial charge on any atom is -0.313 e. The van der Waals surface area contributed by atoms with E-state index in [0.717, 1.165) is 10.4 Å². The van der Waals surface area contributed by atoms with Crippen molar-refractivity contribution in [1.82, 2.24) is 20.2 Å². The van der Waals surface area contributed by atoms with Gasteiger partial charge in [-0.1, -0.05) is 6.07 Å². The molecule has 0 spiro atoms. The van der Waals surface area contributed by atoms with Crippen LogP contribution in [0, 0.1) is 16.1 Å². The Labute approximate surface area is 166 Å². The molecule has 4 heterocycles. The van der Waals surface area contributed by atoms with Crippen molar-refractivity contribution in [2.24, 2.45) is 5.10 Å². The highest BCUT2D eigenvalue weighted by atomic mass is 32.1. The summed E-state index contributed by atoms with van der Waals surface area (Å²) in [7, 11) is 0. The van der Waals surface area contributed by atoms with Crippen LogP contribution in [-0.2, 0) is 0 Å².